The molecule has 0 bridgehead atoms. The number of alkyl halides is 3. The van der Waals surface area contributed by atoms with Crippen molar-refractivity contribution < 1.29 is 22.5 Å². The number of hydrogen-bond donors (Lipinski definition) is 3. The Hall–Kier alpha value is -2.79. The fraction of sp³-hybridized carbons (Fsp3) is 0.269. The number of nitrogens with zero attached hydrogens (tertiary/aromatic N) is 1. The molecule has 1 aromatic heterocycles. The molecule has 0 spiro atoms. The summed E-state index contributed by atoms with van der Waals surface area (Å²) in [7, 11) is 0. The topological polar surface area (TPSA) is 79.9 Å². The summed E-state index contributed by atoms with van der Waals surface area (Å²) >= 11 is 0.404. The number of ether oxygens (including phenoxy) is 1. The van der Waals surface area contributed by atoms with Gasteiger partial charge in [-0.15, -0.1) is 11.3 Å². The van der Waals surface area contributed by atoms with E-state index in [1.165, 1.54) is 11.3 Å². The summed E-state index contributed by atoms with van der Waals surface area (Å²) in [6, 6.07) is 18.0. The van der Waals surface area contributed by atoms with E-state index in [0.717, 1.165) is 47.3 Å². The van der Waals surface area contributed by atoms with Crippen LogP contribution >= 0.6 is 11.3 Å². The van der Waals surface area contributed by atoms with Crippen LogP contribution in [0.2, 0.25) is 0 Å². The normalized spacial score (nSPS) is 16.7. The maximum absolute atomic E-state index is 13.3. The second kappa shape index (κ2) is 11.5. The molecule has 1 fully saturated rings. The van der Waals surface area contributed by atoms with Gasteiger partial charge in [-0.3, -0.25) is 0 Å². The van der Waals surface area contributed by atoms with Crippen molar-refractivity contribution in [2.75, 3.05) is 19.3 Å². The van der Waals surface area contributed by atoms with E-state index in [9.17, 15) is 17.7 Å². The first kappa shape index (κ1) is 26.3. The van der Waals surface area contributed by atoms with Crippen molar-refractivity contribution in [2.24, 2.45) is 10.7 Å². The van der Waals surface area contributed by atoms with Crippen molar-refractivity contribution in [1.29, 1.82) is 0 Å². The van der Waals surface area contributed by atoms with Crippen LogP contribution in [0, 0.1) is 0 Å². The van der Waals surface area contributed by atoms with E-state index in [0.29, 0.717) is 16.3 Å². The van der Waals surface area contributed by atoms with Gasteiger partial charge < -0.3 is 15.8 Å². The molecule has 5 nitrogen and oxygen atoms in total. The predicted molar refractivity (Wildman–Crippen MR) is 141 cm³/mol. The summed E-state index contributed by atoms with van der Waals surface area (Å²) in [5.41, 5.74) is 5.58. The molecule has 10 heteroatoms. The summed E-state index contributed by atoms with van der Waals surface area (Å²) < 4.78 is 55.8. The Labute approximate surface area is 215 Å². The molecule has 4 rings (SSSR count). The van der Waals surface area contributed by atoms with Crippen molar-refractivity contribution in [3.8, 4) is 16.2 Å². The number of hydrogen-bond acceptors (Lipinski definition) is 6. The van der Waals surface area contributed by atoms with Gasteiger partial charge in [0.15, 0.2) is 16.1 Å². The molecule has 0 saturated carbocycles. The molecule has 1 unspecified atom stereocenters. The third-order valence-electron chi connectivity index (χ3n) is 5.59. The van der Waals surface area contributed by atoms with E-state index in [1.54, 1.807) is 30.5 Å². The summed E-state index contributed by atoms with van der Waals surface area (Å²) in [6.45, 7) is 1.77. The summed E-state index contributed by atoms with van der Waals surface area (Å²) in [6.07, 6.45) is -0.242. The zero-order valence-corrected chi connectivity index (χ0v) is 21.2. The zero-order chi connectivity index (χ0) is 25.7. The van der Waals surface area contributed by atoms with Gasteiger partial charge in [0.25, 0.3) is 0 Å². The first-order valence-electron chi connectivity index (χ1n) is 11.4. The average Bonchev–Trinajstić information content (AvgIpc) is 3.34. The molecule has 1 atom stereocenters. The minimum Gasteiger partial charge on any atom is -0.490 e. The Morgan fingerprint density at radius 1 is 1.14 bits per heavy atom. The molecular formula is C26H27F3N3O2S2+. The van der Waals surface area contributed by atoms with Gasteiger partial charge in [-0.05, 0) is 67.9 Å². The van der Waals surface area contributed by atoms with E-state index in [4.69, 9.17) is 10.5 Å². The maximum Gasteiger partial charge on any atom is 0.430 e. The number of allylic oxidation sites excluding steroid dienone is 2. The Balaban J connectivity index is 1.68. The van der Waals surface area contributed by atoms with Crippen molar-refractivity contribution in [3.05, 3.63) is 77.3 Å². The van der Waals surface area contributed by atoms with E-state index in [2.05, 4.69) is 10.3 Å². The molecule has 2 aromatic carbocycles. The number of thiophene rings is 1. The Bertz CT molecular complexity index is 1250. The highest BCUT2D eigenvalue weighted by Gasteiger charge is 2.32. The lowest BCUT2D eigenvalue weighted by molar-refractivity contribution is -0.0925. The molecule has 36 heavy (non-hydrogen) atoms. The molecule has 2 heterocycles. The fourth-order valence-electron chi connectivity index (χ4n) is 3.72. The maximum atomic E-state index is 13.3. The third kappa shape index (κ3) is 6.91. The lowest BCUT2D eigenvalue weighted by atomic mass is 10.1. The van der Waals surface area contributed by atoms with E-state index in [-0.39, 0.29) is 11.8 Å². The van der Waals surface area contributed by atoms with Gasteiger partial charge in [0.05, 0.1) is 16.3 Å². The van der Waals surface area contributed by atoms with Gasteiger partial charge in [0.1, 0.15) is 23.8 Å². The molecule has 190 valence electrons. The number of nitrogens with two attached hydrogens (primary N) is 1. The van der Waals surface area contributed by atoms with E-state index in [1.807, 2.05) is 36.4 Å². The van der Waals surface area contributed by atoms with Crippen LogP contribution in [-0.4, -0.2) is 41.9 Å². The van der Waals surface area contributed by atoms with Crippen LogP contribution in [0.4, 0.5) is 18.9 Å². The van der Waals surface area contributed by atoms with Gasteiger partial charge in [-0.25, -0.2) is 4.99 Å². The van der Waals surface area contributed by atoms with Crippen LogP contribution in [0.5, 0.6) is 5.75 Å². The van der Waals surface area contributed by atoms with Crippen LogP contribution in [0.25, 0.3) is 10.4 Å². The SMILES string of the molecule is C[S+](O)c1cccc(-c2ccc(C(C=C(N)C(F)(F)F)=Nc3cccc(OC4CCNCC4)c3)s2)c1. The predicted octanol–water partition coefficient (Wildman–Crippen LogP) is 6.15. The minimum absolute atomic E-state index is 0.0867. The smallest absolute Gasteiger partial charge is 0.430 e. The summed E-state index contributed by atoms with van der Waals surface area (Å²) in [5.74, 6) is 0.623. The number of aliphatic imine (C=N–C) groups is 1. The minimum atomic E-state index is -4.67. The van der Waals surface area contributed by atoms with Crippen molar-refractivity contribution in [3.63, 3.8) is 0 Å². The summed E-state index contributed by atoms with van der Waals surface area (Å²) in [5, 5.41) is 3.29. The van der Waals surface area contributed by atoms with Gasteiger partial charge in [-0.2, -0.15) is 17.7 Å². The van der Waals surface area contributed by atoms with Crippen molar-refractivity contribution >= 4 is 33.9 Å². The standard InChI is InChI=1S/C26H27F3N3O2S2/c1-36(33)21-7-2-4-17(14-21)23-8-9-24(35-23)22(16-25(30)26(27,28)29)32-18-5-3-6-20(15-18)34-19-10-12-31-13-11-19/h2-9,14-16,19,31,33H,10-13,30H2,1H3/q+1. The quantitative estimate of drug-likeness (QED) is 0.251. The summed E-state index contributed by atoms with van der Waals surface area (Å²) in [4.78, 5) is 6.68. The first-order chi connectivity index (χ1) is 17.2. The zero-order valence-electron chi connectivity index (χ0n) is 19.6. The molecule has 4 N–H and O–H groups in total. The van der Waals surface area contributed by atoms with Crippen LogP contribution in [-0.2, 0) is 11.2 Å². The number of rotatable bonds is 7. The highest BCUT2D eigenvalue weighted by atomic mass is 32.2. The van der Waals surface area contributed by atoms with Crippen LogP contribution in [0.15, 0.2) is 82.3 Å². The average molecular weight is 535 g/mol. The molecular weight excluding hydrogens is 507 g/mol. The molecule has 1 saturated heterocycles. The highest BCUT2D eigenvalue weighted by Crippen LogP contribution is 2.32. The number of nitrogens with one attached hydrogen (secondary N) is 1. The van der Waals surface area contributed by atoms with Crippen LogP contribution in [0.3, 0.4) is 0 Å². The Morgan fingerprint density at radius 2 is 1.89 bits per heavy atom. The van der Waals surface area contributed by atoms with E-state index >= 15 is 0 Å². The van der Waals surface area contributed by atoms with Gasteiger partial charge in [0.2, 0.25) is 0 Å². The molecule has 0 aliphatic carbocycles. The lowest BCUT2D eigenvalue weighted by Gasteiger charge is -2.23. The molecule has 0 amide bonds. The van der Waals surface area contributed by atoms with Crippen molar-refractivity contribution in [1.82, 2.24) is 5.32 Å². The number of benzene rings is 2. The number of halogens is 3. The monoisotopic (exact) mass is 534 g/mol. The largest absolute Gasteiger partial charge is 0.490 e. The molecule has 3 aromatic rings. The number of piperidine rings is 1. The molecule has 0 radical (unpaired) electrons. The fourth-order valence-corrected chi connectivity index (χ4v) is 5.26. The van der Waals surface area contributed by atoms with Crippen LogP contribution in [0.1, 0.15) is 17.7 Å². The van der Waals surface area contributed by atoms with Crippen LogP contribution < -0.4 is 15.8 Å². The van der Waals surface area contributed by atoms with Gasteiger partial charge >= 0.3 is 6.18 Å². The lowest BCUT2D eigenvalue weighted by Crippen LogP contribution is -2.34. The molecule has 1 aliphatic rings. The first-order valence-corrected chi connectivity index (χ1v) is 13.8. The second-order valence-corrected chi connectivity index (χ2v) is 10.8. The van der Waals surface area contributed by atoms with Gasteiger partial charge in [-0.1, -0.05) is 18.2 Å². The van der Waals surface area contributed by atoms with E-state index < -0.39 is 23.0 Å². The Kier molecular flexibility index (Phi) is 8.40. The molecule has 1 aliphatic heterocycles. The second-order valence-electron chi connectivity index (χ2n) is 8.33. The highest BCUT2D eigenvalue weighted by molar-refractivity contribution is 7.90. The van der Waals surface area contributed by atoms with Gasteiger partial charge in [0, 0.05) is 17.0 Å². The Morgan fingerprint density at radius 3 is 2.61 bits per heavy atom. The van der Waals surface area contributed by atoms with Crippen molar-refractivity contribution in [2.45, 2.75) is 30.0 Å². The third-order valence-corrected chi connectivity index (χ3v) is 7.69.